The van der Waals surface area contributed by atoms with Crippen LogP contribution in [0.5, 0.6) is 11.5 Å². The third kappa shape index (κ3) is 5.99. The van der Waals surface area contributed by atoms with Gasteiger partial charge in [0.15, 0.2) is 5.17 Å². The number of phenols is 1. The number of nitrogens with zero attached hydrogens (tertiary/aromatic N) is 2. The van der Waals surface area contributed by atoms with Crippen LogP contribution in [-0.2, 0) is 14.3 Å². The Bertz CT molecular complexity index is 870. The normalized spacial score (nSPS) is 17.6. The van der Waals surface area contributed by atoms with Crippen molar-refractivity contribution >= 4 is 51.0 Å². The zero-order chi connectivity index (χ0) is 20.2. The lowest BCUT2D eigenvalue weighted by molar-refractivity contribution is -0.274. The number of benzene rings is 1. The summed E-state index contributed by atoms with van der Waals surface area (Å²) in [7, 11) is 1.15. The third-order valence-electron chi connectivity index (χ3n) is 2.75. The molecule has 0 aromatic heterocycles. The number of amides is 1. The first-order valence-corrected chi connectivity index (χ1v) is 8.38. The SMILES string of the molecule is COC(=O)/C=C1/S/C(=N\N=Cc2cc(OC(F)(F)F)cc(Br)c2O)NC1=O. The van der Waals surface area contributed by atoms with Gasteiger partial charge in [0, 0.05) is 11.6 Å². The first-order chi connectivity index (χ1) is 12.6. The Hall–Kier alpha value is -2.54. The van der Waals surface area contributed by atoms with Crippen LogP contribution in [0.4, 0.5) is 13.2 Å². The number of halogens is 4. The number of rotatable bonds is 4. The van der Waals surface area contributed by atoms with E-state index in [2.05, 4.69) is 40.9 Å². The van der Waals surface area contributed by atoms with E-state index in [0.717, 1.165) is 43.3 Å². The standard InChI is InChI=1S/C14H9BrF3N3O5S/c1-25-10(22)4-9-12(24)20-13(27-9)21-19-5-6-2-7(26-14(16,17)18)3-8(15)11(6)23/h2-5,23H,1H3,(H,20,21,24)/b9-4+,19-5?. The molecule has 1 heterocycles. The molecule has 1 saturated heterocycles. The van der Waals surface area contributed by atoms with Crippen molar-refractivity contribution in [3.63, 3.8) is 0 Å². The van der Waals surface area contributed by atoms with Crippen molar-refractivity contribution in [2.24, 2.45) is 10.2 Å². The van der Waals surface area contributed by atoms with Crippen LogP contribution in [0.15, 0.2) is 37.8 Å². The second-order valence-corrected chi connectivity index (χ2v) is 6.51. The molecule has 0 bridgehead atoms. The summed E-state index contributed by atoms with van der Waals surface area (Å²) in [6, 6.07) is 1.84. The minimum Gasteiger partial charge on any atom is -0.506 e. The number of aromatic hydroxyl groups is 1. The fourth-order valence-electron chi connectivity index (χ4n) is 1.67. The molecule has 144 valence electrons. The van der Waals surface area contributed by atoms with Crippen LogP contribution in [0, 0.1) is 0 Å². The molecule has 0 spiro atoms. The van der Waals surface area contributed by atoms with Crippen LogP contribution in [-0.4, -0.2) is 41.8 Å². The summed E-state index contributed by atoms with van der Waals surface area (Å²) in [4.78, 5) is 22.8. The van der Waals surface area contributed by atoms with Gasteiger partial charge in [0.2, 0.25) is 0 Å². The summed E-state index contributed by atoms with van der Waals surface area (Å²) in [6.07, 6.45) is -2.98. The van der Waals surface area contributed by atoms with Gasteiger partial charge in [0.1, 0.15) is 11.5 Å². The van der Waals surface area contributed by atoms with Gasteiger partial charge in [-0.2, -0.15) is 5.10 Å². The number of alkyl halides is 3. The van der Waals surface area contributed by atoms with Crippen molar-refractivity contribution in [3.05, 3.63) is 33.2 Å². The molecule has 1 aliphatic rings. The number of thioether (sulfide) groups is 1. The van der Waals surface area contributed by atoms with Crippen molar-refractivity contribution in [3.8, 4) is 11.5 Å². The molecule has 13 heteroatoms. The van der Waals surface area contributed by atoms with Crippen molar-refractivity contribution in [1.82, 2.24) is 5.32 Å². The molecule has 27 heavy (non-hydrogen) atoms. The average Bonchev–Trinajstić information content (AvgIpc) is 2.90. The average molecular weight is 468 g/mol. The van der Waals surface area contributed by atoms with Gasteiger partial charge in [0.25, 0.3) is 5.91 Å². The van der Waals surface area contributed by atoms with Gasteiger partial charge in [-0.1, -0.05) is 0 Å². The smallest absolute Gasteiger partial charge is 0.506 e. The van der Waals surface area contributed by atoms with E-state index in [1.165, 1.54) is 0 Å². The molecule has 1 aromatic carbocycles. The second-order valence-electron chi connectivity index (χ2n) is 4.63. The van der Waals surface area contributed by atoms with Crippen LogP contribution in [0.2, 0.25) is 0 Å². The van der Waals surface area contributed by atoms with Gasteiger partial charge in [-0.25, -0.2) is 4.79 Å². The summed E-state index contributed by atoms with van der Waals surface area (Å²) >= 11 is 3.71. The summed E-state index contributed by atoms with van der Waals surface area (Å²) in [5.74, 6) is -2.28. The molecule has 1 amide bonds. The molecule has 1 aliphatic heterocycles. The Balaban J connectivity index is 2.19. The molecule has 0 saturated carbocycles. The molecule has 0 atom stereocenters. The van der Waals surface area contributed by atoms with Crippen LogP contribution >= 0.6 is 27.7 Å². The molecule has 2 rings (SSSR count). The monoisotopic (exact) mass is 467 g/mol. The molecule has 2 N–H and O–H groups in total. The number of methoxy groups -OCH3 is 1. The van der Waals surface area contributed by atoms with Crippen molar-refractivity contribution in [2.75, 3.05) is 7.11 Å². The summed E-state index contributed by atoms with van der Waals surface area (Å²) in [6.45, 7) is 0. The van der Waals surface area contributed by atoms with E-state index in [9.17, 15) is 27.9 Å². The van der Waals surface area contributed by atoms with E-state index in [4.69, 9.17) is 0 Å². The highest BCUT2D eigenvalue weighted by Crippen LogP contribution is 2.34. The fourth-order valence-corrected chi connectivity index (χ4v) is 2.86. The van der Waals surface area contributed by atoms with E-state index >= 15 is 0 Å². The van der Waals surface area contributed by atoms with Crippen LogP contribution in [0.1, 0.15) is 5.56 Å². The lowest BCUT2D eigenvalue weighted by atomic mass is 10.2. The zero-order valence-electron chi connectivity index (χ0n) is 13.2. The summed E-state index contributed by atoms with van der Waals surface area (Å²) in [5, 5.41) is 19.5. The lowest BCUT2D eigenvalue weighted by Gasteiger charge is -2.10. The Morgan fingerprint density at radius 2 is 2.11 bits per heavy atom. The number of hydrogen-bond acceptors (Lipinski definition) is 8. The molecular formula is C14H9BrF3N3O5S. The Morgan fingerprint density at radius 3 is 2.74 bits per heavy atom. The van der Waals surface area contributed by atoms with Crippen LogP contribution in [0.25, 0.3) is 0 Å². The minimum atomic E-state index is -4.90. The largest absolute Gasteiger partial charge is 0.573 e. The summed E-state index contributed by atoms with van der Waals surface area (Å²) in [5.41, 5.74) is -0.118. The van der Waals surface area contributed by atoms with Crippen LogP contribution in [0.3, 0.4) is 0 Å². The fraction of sp³-hybridized carbons (Fsp3) is 0.143. The van der Waals surface area contributed by atoms with Crippen LogP contribution < -0.4 is 10.1 Å². The number of hydrogen-bond donors (Lipinski definition) is 2. The van der Waals surface area contributed by atoms with Gasteiger partial charge in [-0.3, -0.25) is 10.1 Å². The number of amidine groups is 1. The third-order valence-corrected chi connectivity index (χ3v) is 4.25. The second kappa shape index (κ2) is 8.43. The maximum atomic E-state index is 12.3. The number of esters is 1. The lowest BCUT2D eigenvalue weighted by Crippen LogP contribution is -2.19. The highest BCUT2D eigenvalue weighted by atomic mass is 79.9. The predicted molar refractivity (Wildman–Crippen MR) is 93.4 cm³/mol. The van der Waals surface area contributed by atoms with Crippen molar-refractivity contribution in [2.45, 2.75) is 6.36 Å². The Morgan fingerprint density at radius 1 is 1.41 bits per heavy atom. The topological polar surface area (TPSA) is 110 Å². The predicted octanol–water partition coefficient (Wildman–Crippen LogP) is 2.66. The van der Waals surface area contributed by atoms with E-state index < -0.39 is 24.0 Å². The van der Waals surface area contributed by atoms with E-state index in [0.29, 0.717) is 0 Å². The summed E-state index contributed by atoms with van der Waals surface area (Å²) < 4.78 is 45.1. The minimum absolute atomic E-state index is 0.0210. The number of phenolic OH excluding ortho intramolecular Hbond substituents is 1. The molecule has 0 aliphatic carbocycles. The van der Waals surface area contributed by atoms with Crippen molar-refractivity contribution in [1.29, 1.82) is 0 Å². The Kier molecular flexibility index (Phi) is 6.49. The number of carbonyl (C=O) groups excluding carboxylic acids is 2. The van der Waals surface area contributed by atoms with Gasteiger partial charge < -0.3 is 14.6 Å². The number of ether oxygens (including phenoxy) is 2. The number of nitrogens with one attached hydrogen (secondary N) is 1. The quantitative estimate of drug-likeness (QED) is 0.305. The maximum Gasteiger partial charge on any atom is 0.573 e. The van der Waals surface area contributed by atoms with E-state index in [-0.39, 0.29) is 25.9 Å². The molecule has 0 unspecified atom stereocenters. The van der Waals surface area contributed by atoms with Gasteiger partial charge >= 0.3 is 12.3 Å². The van der Waals surface area contributed by atoms with Gasteiger partial charge in [-0.05, 0) is 39.8 Å². The molecule has 8 nitrogen and oxygen atoms in total. The van der Waals surface area contributed by atoms with Gasteiger partial charge in [-0.15, -0.1) is 18.3 Å². The van der Waals surface area contributed by atoms with Gasteiger partial charge in [0.05, 0.1) is 22.7 Å². The highest BCUT2D eigenvalue weighted by Gasteiger charge is 2.31. The molecule has 1 fully saturated rings. The van der Waals surface area contributed by atoms with E-state index in [1.54, 1.807) is 0 Å². The molecular weight excluding hydrogens is 459 g/mol. The first kappa shape index (κ1) is 20.8. The Labute approximate surface area is 162 Å². The number of carbonyl (C=O) groups is 2. The first-order valence-electron chi connectivity index (χ1n) is 6.77. The van der Waals surface area contributed by atoms with E-state index in [1.807, 2.05) is 0 Å². The maximum absolute atomic E-state index is 12.3. The highest BCUT2D eigenvalue weighted by molar-refractivity contribution is 9.10. The van der Waals surface area contributed by atoms with Crippen molar-refractivity contribution < 1.29 is 37.3 Å². The molecule has 0 radical (unpaired) electrons. The molecule has 1 aromatic rings. The zero-order valence-corrected chi connectivity index (χ0v) is 15.6.